The van der Waals surface area contributed by atoms with Crippen LogP contribution in [-0.2, 0) is 25.6 Å². The molecule has 1 fully saturated rings. The normalized spacial score (nSPS) is 15.2. The van der Waals surface area contributed by atoms with Gasteiger partial charge in [0.25, 0.3) is 5.91 Å². The number of nitrogens with zero attached hydrogens (tertiary/aromatic N) is 1. The number of fused-ring (bicyclic) bond motifs is 2. The van der Waals surface area contributed by atoms with Crippen LogP contribution in [0.4, 0.5) is 5.69 Å². The summed E-state index contributed by atoms with van der Waals surface area (Å²) in [6.07, 6.45) is 3.00. The minimum atomic E-state index is -1.82. The summed E-state index contributed by atoms with van der Waals surface area (Å²) in [6, 6.07) is 19.4. The maximum atomic E-state index is 13.0. The van der Waals surface area contributed by atoms with Crippen molar-refractivity contribution in [3.63, 3.8) is 0 Å². The van der Waals surface area contributed by atoms with Gasteiger partial charge in [-0.25, -0.2) is 14.5 Å². The maximum absolute atomic E-state index is 13.0. The predicted molar refractivity (Wildman–Crippen MR) is 135 cm³/mol. The molecule has 184 valence electrons. The van der Waals surface area contributed by atoms with Gasteiger partial charge in [0, 0.05) is 29.0 Å². The van der Waals surface area contributed by atoms with Crippen LogP contribution in [0, 0.1) is 6.92 Å². The van der Waals surface area contributed by atoms with Crippen molar-refractivity contribution in [2.75, 3.05) is 11.4 Å². The van der Waals surface area contributed by atoms with Gasteiger partial charge in [0.1, 0.15) is 0 Å². The van der Waals surface area contributed by atoms with Gasteiger partial charge in [0.05, 0.1) is 18.2 Å². The van der Waals surface area contributed by atoms with E-state index >= 15 is 0 Å². The lowest BCUT2D eigenvalue weighted by molar-refractivity contribution is -0.159. The molecule has 2 amide bonds. The number of anilines is 1. The molecule has 1 aromatic heterocycles. The highest BCUT2D eigenvalue weighted by atomic mass is 16.4. The van der Waals surface area contributed by atoms with Gasteiger partial charge in [-0.05, 0) is 42.5 Å². The second-order valence-electron chi connectivity index (χ2n) is 8.50. The summed E-state index contributed by atoms with van der Waals surface area (Å²) >= 11 is 0. The Kier molecular flexibility index (Phi) is 7.12. The fraction of sp³-hybridized carbons (Fsp3) is 0.185. The number of carboxylic acids is 2. The number of carbonyl (C=O) groups is 4. The summed E-state index contributed by atoms with van der Waals surface area (Å²) < 4.78 is 0. The molecule has 0 spiro atoms. The number of carboxylic acid groups (broad SMARTS) is 2. The third-order valence-electron chi connectivity index (χ3n) is 6.05. The summed E-state index contributed by atoms with van der Waals surface area (Å²) in [6.45, 7) is 2.72. The molecule has 0 radical (unpaired) electrons. The van der Waals surface area contributed by atoms with E-state index in [1.807, 2.05) is 48.7 Å². The van der Waals surface area contributed by atoms with Crippen molar-refractivity contribution in [1.29, 1.82) is 0 Å². The van der Waals surface area contributed by atoms with Crippen molar-refractivity contribution in [2.45, 2.75) is 25.8 Å². The molecule has 5 rings (SSSR count). The van der Waals surface area contributed by atoms with Gasteiger partial charge in [0.2, 0.25) is 5.91 Å². The Labute approximate surface area is 206 Å². The number of hydrogen-bond donors (Lipinski definition) is 4. The number of benzene rings is 3. The van der Waals surface area contributed by atoms with Crippen LogP contribution in [-0.4, -0.2) is 51.5 Å². The van der Waals surface area contributed by atoms with Crippen LogP contribution in [0.25, 0.3) is 21.7 Å². The minimum Gasteiger partial charge on any atom is -0.473 e. The Hall–Kier alpha value is -4.50. The highest BCUT2D eigenvalue weighted by Crippen LogP contribution is 2.30. The zero-order chi connectivity index (χ0) is 25.8. The van der Waals surface area contributed by atoms with Gasteiger partial charge in [-0.2, -0.15) is 0 Å². The topological polar surface area (TPSA) is 140 Å². The lowest BCUT2D eigenvalue weighted by Crippen LogP contribution is -2.39. The molecule has 4 aromatic rings. The first kappa shape index (κ1) is 24.6. The van der Waals surface area contributed by atoms with E-state index < -0.39 is 18.0 Å². The average molecular weight is 488 g/mol. The molecule has 4 N–H and O–H groups in total. The van der Waals surface area contributed by atoms with Crippen LogP contribution < -0.4 is 10.2 Å². The Morgan fingerprint density at radius 1 is 1.00 bits per heavy atom. The van der Waals surface area contributed by atoms with Gasteiger partial charge in [-0.15, -0.1) is 0 Å². The Morgan fingerprint density at radius 3 is 2.47 bits per heavy atom. The summed E-state index contributed by atoms with van der Waals surface area (Å²) in [4.78, 5) is 48.6. The molecule has 1 saturated heterocycles. The van der Waals surface area contributed by atoms with Gasteiger partial charge < -0.3 is 20.5 Å². The zero-order valence-corrected chi connectivity index (χ0v) is 19.5. The van der Waals surface area contributed by atoms with Gasteiger partial charge in [-0.3, -0.25) is 9.59 Å². The summed E-state index contributed by atoms with van der Waals surface area (Å²) in [5.74, 6) is -3.98. The molecule has 1 aliphatic rings. The molecule has 9 nitrogen and oxygen atoms in total. The molecule has 0 saturated carbocycles. The number of hydrogen-bond acceptors (Lipinski definition) is 5. The number of rotatable bonds is 5. The van der Waals surface area contributed by atoms with Crippen LogP contribution in [0.15, 0.2) is 66.9 Å². The lowest BCUT2D eigenvalue weighted by Gasteiger charge is -2.17. The van der Waals surface area contributed by atoms with Crippen molar-refractivity contribution in [1.82, 2.24) is 10.3 Å². The van der Waals surface area contributed by atoms with Crippen LogP contribution in [0.2, 0.25) is 0 Å². The maximum Gasteiger partial charge on any atom is 0.414 e. The van der Waals surface area contributed by atoms with E-state index in [1.54, 1.807) is 0 Å². The molecular formula is C27H25N3O6. The molecule has 1 aliphatic heterocycles. The molecule has 36 heavy (non-hydrogen) atoms. The predicted octanol–water partition coefficient (Wildman–Crippen LogP) is 3.25. The number of H-pyrrole nitrogens is 1. The summed E-state index contributed by atoms with van der Waals surface area (Å²) in [5.41, 5.74) is 4.21. The fourth-order valence-corrected chi connectivity index (χ4v) is 4.33. The van der Waals surface area contributed by atoms with Crippen molar-refractivity contribution in [3.8, 4) is 0 Å². The number of nitrogens with one attached hydrogen (secondary N) is 2. The van der Waals surface area contributed by atoms with E-state index in [0.29, 0.717) is 12.2 Å². The van der Waals surface area contributed by atoms with Gasteiger partial charge >= 0.3 is 11.9 Å². The van der Waals surface area contributed by atoms with Crippen LogP contribution >= 0.6 is 0 Å². The molecule has 2 heterocycles. The van der Waals surface area contributed by atoms with Crippen molar-refractivity contribution in [2.24, 2.45) is 0 Å². The van der Waals surface area contributed by atoms with E-state index in [-0.39, 0.29) is 18.2 Å². The third kappa shape index (κ3) is 5.11. The van der Waals surface area contributed by atoms with Crippen molar-refractivity contribution in [3.05, 3.63) is 78.0 Å². The van der Waals surface area contributed by atoms with E-state index in [1.165, 1.54) is 21.4 Å². The molecule has 9 heteroatoms. The second kappa shape index (κ2) is 10.4. The molecule has 1 atom stereocenters. The first-order chi connectivity index (χ1) is 17.3. The Balaban J connectivity index is 0.000000455. The van der Waals surface area contributed by atoms with Crippen molar-refractivity contribution >= 4 is 51.1 Å². The highest BCUT2D eigenvalue weighted by Gasteiger charge is 2.39. The van der Waals surface area contributed by atoms with E-state index in [2.05, 4.69) is 35.4 Å². The Morgan fingerprint density at radius 2 is 1.72 bits per heavy atom. The first-order valence-corrected chi connectivity index (χ1v) is 11.4. The van der Waals surface area contributed by atoms with E-state index in [0.717, 1.165) is 22.7 Å². The Bertz CT molecular complexity index is 1460. The van der Waals surface area contributed by atoms with Crippen LogP contribution in [0.1, 0.15) is 17.5 Å². The standard InChI is InChI=1S/C25H23N3O2.C2H2O4/c1-16-9-10-21-20(13-16)18(15-27-21)11-12-26-22-14-24(29)28(25(22)30)23-8-4-6-17-5-2-3-7-19(17)23;3-1(4)2(5)6/h2-10,13,15,22,26-27H,11-12,14H2,1H3;(H,3,4)(H,5,6). The van der Waals surface area contributed by atoms with E-state index in [9.17, 15) is 9.59 Å². The number of amides is 2. The molecule has 1 unspecified atom stereocenters. The number of aryl methyl sites for hydroxylation is 1. The first-order valence-electron chi connectivity index (χ1n) is 11.4. The smallest absolute Gasteiger partial charge is 0.414 e. The average Bonchev–Trinajstić information content (AvgIpc) is 3.38. The highest BCUT2D eigenvalue weighted by molar-refractivity contribution is 6.27. The number of aromatic nitrogens is 1. The monoisotopic (exact) mass is 487 g/mol. The molecule has 3 aromatic carbocycles. The number of aromatic amines is 1. The number of carbonyl (C=O) groups excluding carboxylic acids is 2. The van der Waals surface area contributed by atoms with E-state index in [4.69, 9.17) is 19.8 Å². The molecular weight excluding hydrogens is 462 g/mol. The fourth-order valence-electron chi connectivity index (χ4n) is 4.33. The van der Waals surface area contributed by atoms with Gasteiger partial charge in [-0.1, -0.05) is 48.0 Å². The SMILES string of the molecule is Cc1ccc2[nH]cc(CCNC3CC(=O)N(c4cccc5ccccc45)C3=O)c2c1.O=C(O)C(=O)O. The summed E-state index contributed by atoms with van der Waals surface area (Å²) in [7, 11) is 0. The zero-order valence-electron chi connectivity index (χ0n) is 19.5. The second-order valence-corrected chi connectivity index (χ2v) is 8.50. The number of aliphatic carboxylic acids is 2. The lowest BCUT2D eigenvalue weighted by atomic mass is 10.1. The van der Waals surface area contributed by atoms with Crippen molar-refractivity contribution < 1.29 is 29.4 Å². The minimum absolute atomic E-state index is 0.156. The third-order valence-corrected chi connectivity index (χ3v) is 6.05. The molecule has 0 aliphatic carbocycles. The van der Waals surface area contributed by atoms with Crippen LogP contribution in [0.3, 0.4) is 0 Å². The quantitative estimate of drug-likeness (QED) is 0.250. The van der Waals surface area contributed by atoms with Crippen LogP contribution in [0.5, 0.6) is 0 Å². The largest absolute Gasteiger partial charge is 0.473 e. The van der Waals surface area contributed by atoms with Gasteiger partial charge in [0.15, 0.2) is 0 Å². The number of imide groups is 1. The summed E-state index contributed by atoms with van der Waals surface area (Å²) in [5, 5.41) is 21.2. The molecule has 0 bridgehead atoms.